The van der Waals surface area contributed by atoms with Crippen molar-refractivity contribution in [3.63, 3.8) is 0 Å². The third-order valence-corrected chi connectivity index (χ3v) is 9.32. The summed E-state index contributed by atoms with van der Waals surface area (Å²) in [6, 6.07) is 8.15. The van der Waals surface area contributed by atoms with Crippen molar-refractivity contribution in [1.29, 1.82) is 0 Å². The van der Waals surface area contributed by atoms with E-state index in [0.29, 0.717) is 10.6 Å². The second-order valence-corrected chi connectivity index (χ2v) is 12.2. The summed E-state index contributed by atoms with van der Waals surface area (Å²) >= 11 is 1.23. The van der Waals surface area contributed by atoms with Crippen LogP contribution in [-0.4, -0.2) is 78.5 Å². The van der Waals surface area contributed by atoms with E-state index in [1.165, 1.54) is 16.2 Å². The summed E-state index contributed by atoms with van der Waals surface area (Å²) in [4.78, 5) is 44.2. The van der Waals surface area contributed by atoms with Crippen molar-refractivity contribution in [3.8, 4) is 0 Å². The number of aromatic nitrogens is 1. The minimum atomic E-state index is -3.67. The highest BCUT2D eigenvalue weighted by molar-refractivity contribution is 7.88. The Morgan fingerprint density at radius 1 is 1.14 bits per heavy atom. The Bertz CT molecular complexity index is 1160. The van der Waals surface area contributed by atoms with E-state index >= 15 is 0 Å². The van der Waals surface area contributed by atoms with Crippen LogP contribution < -0.4 is 11.1 Å². The molecule has 2 aromatic rings. The molecule has 194 valence electrons. The lowest BCUT2D eigenvalue weighted by Gasteiger charge is -2.35. The number of Topliss-reactive ketones (excluding diaryl/α,β-unsaturated/α-hetero) is 1. The Hall–Kier alpha value is -2.67. The first-order valence-electron chi connectivity index (χ1n) is 12.0. The van der Waals surface area contributed by atoms with Crippen molar-refractivity contribution in [3.05, 3.63) is 52.5 Å². The zero-order chi connectivity index (χ0) is 25.7. The van der Waals surface area contributed by atoms with Gasteiger partial charge in [-0.3, -0.25) is 14.4 Å². The molecular weight excluding hydrogens is 502 g/mol. The van der Waals surface area contributed by atoms with E-state index in [4.69, 9.17) is 5.73 Å². The van der Waals surface area contributed by atoms with Gasteiger partial charge in [0.05, 0.1) is 24.9 Å². The monoisotopic (exact) mass is 533 g/mol. The predicted octanol–water partition coefficient (Wildman–Crippen LogP) is 1.00. The average Bonchev–Trinajstić information content (AvgIpc) is 3.39. The summed E-state index contributed by atoms with van der Waals surface area (Å²) in [5.41, 5.74) is 6.66. The molecular formula is C24H31N5O5S2. The van der Waals surface area contributed by atoms with Gasteiger partial charge in [0.2, 0.25) is 27.6 Å². The maximum atomic E-state index is 13.1. The van der Waals surface area contributed by atoms with Crippen molar-refractivity contribution < 1.29 is 22.8 Å². The smallest absolute Gasteiger partial charge is 0.240 e. The molecule has 4 rings (SSSR count). The van der Waals surface area contributed by atoms with Gasteiger partial charge in [0.15, 0.2) is 5.01 Å². The topological polar surface area (TPSA) is 143 Å². The molecule has 1 saturated heterocycles. The zero-order valence-electron chi connectivity index (χ0n) is 19.9. The highest BCUT2D eigenvalue weighted by atomic mass is 32.2. The fraction of sp³-hybridized carbons (Fsp3) is 0.500. The largest absolute Gasteiger partial charge is 0.344 e. The van der Waals surface area contributed by atoms with Crippen molar-refractivity contribution in [2.45, 2.75) is 43.5 Å². The summed E-state index contributed by atoms with van der Waals surface area (Å²) in [5, 5.41) is 4.89. The van der Waals surface area contributed by atoms with Gasteiger partial charge in [0, 0.05) is 30.7 Å². The van der Waals surface area contributed by atoms with Gasteiger partial charge in [-0.05, 0) is 37.2 Å². The van der Waals surface area contributed by atoms with Crippen molar-refractivity contribution in [2.24, 2.45) is 11.7 Å². The number of nitrogens with zero attached hydrogens (tertiary/aromatic N) is 3. The first-order chi connectivity index (χ1) is 17.2. The van der Waals surface area contributed by atoms with Crippen molar-refractivity contribution in [2.75, 3.05) is 26.2 Å². The standard InChI is InChI=1S/C24H31N5O5S2/c25-19-8-6-18(7-9-19)22(23(32)24-26-10-13-35-24)27-20(30)14-28-11-12-29(15-21(28)31)36(33,34)16-17-4-2-1-3-5-17/h1-5,10,13,18-19,22H,6-9,11-12,14-16,25H2,(H,27,30). The van der Waals surface area contributed by atoms with Crippen LogP contribution in [0, 0.1) is 5.92 Å². The number of piperazine rings is 1. The number of hydrogen-bond donors (Lipinski definition) is 2. The molecule has 3 N–H and O–H groups in total. The number of nitrogens with one attached hydrogen (secondary N) is 1. The lowest BCUT2D eigenvalue weighted by Crippen LogP contribution is -2.56. The van der Waals surface area contributed by atoms with Crippen LogP contribution in [0.2, 0.25) is 0 Å². The van der Waals surface area contributed by atoms with Crippen LogP contribution in [0.5, 0.6) is 0 Å². The molecule has 1 aromatic carbocycles. The predicted molar refractivity (Wildman–Crippen MR) is 136 cm³/mol. The minimum Gasteiger partial charge on any atom is -0.344 e. The van der Waals surface area contributed by atoms with E-state index in [1.54, 1.807) is 35.8 Å². The fourth-order valence-corrected chi connectivity index (χ4v) is 6.79. The maximum Gasteiger partial charge on any atom is 0.240 e. The molecule has 1 aliphatic heterocycles. The van der Waals surface area contributed by atoms with E-state index in [1.807, 2.05) is 6.07 Å². The van der Waals surface area contributed by atoms with Crippen molar-refractivity contribution >= 4 is 39.0 Å². The van der Waals surface area contributed by atoms with Crippen molar-refractivity contribution in [1.82, 2.24) is 19.5 Å². The molecule has 2 aliphatic rings. The number of thiazole rings is 1. The van der Waals surface area contributed by atoms with Gasteiger partial charge in [-0.1, -0.05) is 30.3 Å². The molecule has 0 bridgehead atoms. The van der Waals surface area contributed by atoms with E-state index in [9.17, 15) is 22.8 Å². The Balaban J connectivity index is 1.36. The molecule has 0 spiro atoms. The normalized spacial score (nSPS) is 22.2. The van der Waals surface area contributed by atoms with E-state index in [2.05, 4.69) is 10.3 Å². The highest BCUT2D eigenvalue weighted by Gasteiger charge is 2.36. The fourth-order valence-electron chi connectivity index (χ4n) is 4.71. The first kappa shape index (κ1) is 26.4. The molecule has 1 aliphatic carbocycles. The van der Waals surface area contributed by atoms with Gasteiger partial charge >= 0.3 is 0 Å². The summed E-state index contributed by atoms with van der Waals surface area (Å²) in [6.07, 6.45) is 4.55. The minimum absolute atomic E-state index is 0.0548. The first-order valence-corrected chi connectivity index (χ1v) is 14.5. The Morgan fingerprint density at radius 3 is 2.50 bits per heavy atom. The molecule has 2 heterocycles. The maximum absolute atomic E-state index is 13.1. The number of nitrogens with two attached hydrogens (primary N) is 1. The number of rotatable bonds is 9. The van der Waals surface area contributed by atoms with E-state index in [-0.39, 0.29) is 49.7 Å². The molecule has 1 unspecified atom stereocenters. The number of amides is 2. The highest BCUT2D eigenvalue weighted by Crippen LogP contribution is 2.28. The number of carbonyl (C=O) groups is 3. The Morgan fingerprint density at radius 2 is 1.86 bits per heavy atom. The second kappa shape index (κ2) is 11.6. The Kier molecular flexibility index (Phi) is 8.50. The molecule has 0 radical (unpaired) electrons. The molecule has 1 atom stereocenters. The van der Waals surface area contributed by atoms with Crippen LogP contribution in [0.25, 0.3) is 0 Å². The van der Waals surface area contributed by atoms with E-state index in [0.717, 1.165) is 30.0 Å². The van der Waals surface area contributed by atoms with Crippen LogP contribution in [0.1, 0.15) is 41.0 Å². The van der Waals surface area contributed by atoms with Crippen LogP contribution >= 0.6 is 11.3 Å². The van der Waals surface area contributed by atoms with Crippen LogP contribution in [0.4, 0.5) is 0 Å². The van der Waals surface area contributed by atoms with Gasteiger partial charge in [0.25, 0.3) is 0 Å². The summed E-state index contributed by atoms with van der Waals surface area (Å²) in [5.74, 6) is -1.37. The number of hydrogen-bond acceptors (Lipinski definition) is 8. The van der Waals surface area contributed by atoms with Gasteiger partial charge < -0.3 is 16.0 Å². The zero-order valence-corrected chi connectivity index (χ0v) is 21.5. The number of sulfonamides is 1. The number of carbonyl (C=O) groups excluding carboxylic acids is 3. The third kappa shape index (κ3) is 6.55. The van der Waals surface area contributed by atoms with Crippen LogP contribution in [0.15, 0.2) is 41.9 Å². The van der Waals surface area contributed by atoms with Gasteiger partial charge in [-0.15, -0.1) is 11.3 Å². The summed E-state index contributed by atoms with van der Waals surface area (Å²) < 4.78 is 26.7. The lowest BCUT2D eigenvalue weighted by molar-refractivity contribution is -0.138. The number of ketones is 1. The second-order valence-electron chi connectivity index (χ2n) is 9.31. The quantitative estimate of drug-likeness (QED) is 0.458. The molecule has 2 fully saturated rings. The van der Waals surface area contributed by atoms with Gasteiger partial charge in [-0.25, -0.2) is 13.4 Å². The summed E-state index contributed by atoms with van der Waals surface area (Å²) in [7, 11) is -3.67. The molecule has 1 saturated carbocycles. The van der Waals surface area contributed by atoms with Crippen LogP contribution in [-0.2, 0) is 25.4 Å². The molecule has 1 aromatic heterocycles. The summed E-state index contributed by atoms with van der Waals surface area (Å²) in [6.45, 7) is -0.344. The molecule has 12 heteroatoms. The number of benzene rings is 1. The molecule has 10 nitrogen and oxygen atoms in total. The van der Waals surface area contributed by atoms with Gasteiger partial charge in [0.1, 0.15) is 0 Å². The Labute approximate surface area is 214 Å². The van der Waals surface area contributed by atoms with Gasteiger partial charge in [-0.2, -0.15) is 4.31 Å². The van der Waals surface area contributed by atoms with E-state index < -0.39 is 27.9 Å². The van der Waals surface area contributed by atoms with Crippen LogP contribution in [0.3, 0.4) is 0 Å². The SMILES string of the molecule is NC1CCC(C(NC(=O)CN2CCN(S(=O)(=O)Cc3ccccc3)CC2=O)C(=O)c2nccs2)CC1. The third-order valence-electron chi connectivity index (χ3n) is 6.73. The average molecular weight is 534 g/mol. The molecule has 36 heavy (non-hydrogen) atoms. The lowest BCUT2D eigenvalue weighted by atomic mass is 9.80. The molecule has 2 amide bonds.